The average molecular weight is 283 g/mol. The smallest absolute Gasteiger partial charge is 0.126 e. The van der Waals surface area contributed by atoms with Crippen molar-refractivity contribution in [1.82, 2.24) is 5.32 Å². The summed E-state index contributed by atoms with van der Waals surface area (Å²) in [5.41, 5.74) is 0.762. The van der Waals surface area contributed by atoms with Crippen LogP contribution in [0.4, 0.5) is 4.39 Å². The fraction of sp³-hybridized carbons (Fsp3) is 0.625. The van der Waals surface area contributed by atoms with Gasteiger partial charge in [-0.15, -0.1) is 0 Å². The van der Waals surface area contributed by atoms with Crippen molar-refractivity contribution in [1.29, 1.82) is 0 Å². The minimum absolute atomic E-state index is 0.130. The quantitative estimate of drug-likeness (QED) is 0.633. The molecular weight excluding hydrogens is 257 g/mol. The molecule has 0 bridgehead atoms. The van der Waals surface area contributed by atoms with E-state index in [4.69, 9.17) is 9.47 Å². The van der Waals surface area contributed by atoms with E-state index < -0.39 is 0 Å². The molecule has 0 saturated carbocycles. The van der Waals surface area contributed by atoms with E-state index >= 15 is 0 Å². The van der Waals surface area contributed by atoms with E-state index in [1.54, 1.807) is 13.2 Å². The van der Waals surface area contributed by atoms with Gasteiger partial charge in [-0.25, -0.2) is 4.39 Å². The third kappa shape index (κ3) is 6.46. The standard InChI is InChI=1S/C16H26FNO2/c1-3-10-20-11-8-14(13-18-9-12-19-2)15-6-4-5-7-16(15)17/h4-7,14,18H,3,8-13H2,1-2H3. The number of rotatable bonds is 11. The van der Waals surface area contributed by atoms with Crippen molar-refractivity contribution in [2.24, 2.45) is 0 Å². The van der Waals surface area contributed by atoms with Gasteiger partial charge in [0.1, 0.15) is 5.82 Å². The van der Waals surface area contributed by atoms with Crippen LogP contribution in [-0.4, -0.2) is 40.0 Å². The highest BCUT2D eigenvalue weighted by molar-refractivity contribution is 5.22. The minimum atomic E-state index is -0.137. The Morgan fingerprint density at radius 1 is 1.20 bits per heavy atom. The van der Waals surface area contributed by atoms with Gasteiger partial charge in [-0.1, -0.05) is 25.1 Å². The second kappa shape index (κ2) is 10.8. The van der Waals surface area contributed by atoms with Crippen LogP contribution in [0.2, 0.25) is 0 Å². The molecule has 0 aromatic heterocycles. The predicted molar refractivity (Wildman–Crippen MR) is 79.6 cm³/mol. The summed E-state index contributed by atoms with van der Waals surface area (Å²) in [6, 6.07) is 6.98. The molecule has 1 rings (SSSR count). The number of hydrogen-bond donors (Lipinski definition) is 1. The Morgan fingerprint density at radius 2 is 2.00 bits per heavy atom. The zero-order chi connectivity index (χ0) is 14.6. The predicted octanol–water partition coefficient (Wildman–Crippen LogP) is 2.96. The van der Waals surface area contributed by atoms with E-state index in [0.29, 0.717) is 13.2 Å². The first-order chi connectivity index (χ1) is 9.79. The summed E-state index contributed by atoms with van der Waals surface area (Å²) in [6.45, 7) is 5.69. The van der Waals surface area contributed by atoms with Gasteiger partial charge in [0.2, 0.25) is 0 Å². The molecule has 0 aliphatic carbocycles. The molecule has 1 N–H and O–H groups in total. The Bertz CT molecular complexity index is 348. The normalized spacial score (nSPS) is 12.6. The highest BCUT2D eigenvalue weighted by Gasteiger charge is 2.15. The van der Waals surface area contributed by atoms with Gasteiger partial charge in [0.25, 0.3) is 0 Å². The number of nitrogens with one attached hydrogen (secondary N) is 1. The lowest BCUT2D eigenvalue weighted by Crippen LogP contribution is -2.26. The van der Waals surface area contributed by atoms with Gasteiger partial charge < -0.3 is 14.8 Å². The van der Waals surface area contributed by atoms with Crippen LogP contribution in [-0.2, 0) is 9.47 Å². The molecule has 1 aromatic carbocycles. The lowest BCUT2D eigenvalue weighted by atomic mass is 9.95. The van der Waals surface area contributed by atoms with Crippen LogP contribution in [0.3, 0.4) is 0 Å². The monoisotopic (exact) mass is 283 g/mol. The highest BCUT2D eigenvalue weighted by Crippen LogP contribution is 2.22. The van der Waals surface area contributed by atoms with Crippen LogP contribution in [0.15, 0.2) is 24.3 Å². The minimum Gasteiger partial charge on any atom is -0.383 e. The third-order valence-electron chi connectivity index (χ3n) is 3.18. The van der Waals surface area contributed by atoms with Crippen molar-refractivity contribution in [2.75, 3.05) is 40.0 Å². The van der Waals surface area contributed by atoms with Gasteiger partial charge in [-0.3, -0.25) is 0 Å². The molecule has 0 aliphatic rings. The first-order valence-corrected chi connectivity index (χ1v) is 7.31. The second-order valence-electron chi connectivity index (χ2n) is 4.82. The van der Waals surface area contributed by atoms with Crippen LogP contribution >= 0.6 is 0 Å². The van der Waals surface area contributed by atoms with E-state index in [-0.39, 0.29) is 11.7 Å². The molecule has 0 amide bonds. The lowest BCUT2D eigenvalue weighted by molar-refractivity contribution is 0.126. The molecule has 0 spiro atoms. The van der Waals surface area contributed by atoms with Crippen molar-refractivity contribution in [2.45, 2.75) is 25.7 Å². The molecule has 0 aliphatic heterocycles. The fourth-order valence-electron chi connectivity index (χ4n) is 2.10. The summed E-state index contributed by atoms with van der Waals surface area (Å²) in [4.78, 5) is 0. The van der Waals surface area contributed by atoms with Gasteiger partial charge in [0.15, 0.2) is 0 Å². The number of ether oxygens (including phenoxy) is 2. The van der Waals surface area contributed by atoms with Gasteiger partial charge in [0, 0.05) is 39.3 Å². The zero-order valence-electron chi connectivity index (χ0n) is 12.5. The van der Waals surface area contributed by atoms with E-state index in [9.17, 15) is 4.39 Å². The van der Waals surface area contributed by atoms with Gasteiger partial charge in [-0.05, 0) is 24.5 Å². The second-order valence-corrected chi connectivity index (χ2v) is 4.82. The average Bonchev–Trinajstić information content (AvgIpc) is 2.46. The van der Waals surface area contributed by atoms with Crippen molar-refractivity contribution in [3.63, 3.8) is 0 Å². The molecule has 0 saturated heterocycles. The van der Waals surface area contributed by atoms with E-state index in [1.165, 1.54) is 6.07 Å². The molecule has 114 valence electrons. The Kier molecular flexibility index (Phi) is 9.20. The molecule has 0 heterocycles. The third-order valence-corrected chi connectivity index (χ3v) is 3.18. The maximum Gasteiger partial charge on any atom is 0.126 e. The largest absolute Gasteiger partial charge is 0.383 e. The Balaban J connectivity index is 2.52. The molecule has 4 heteroatoms. The van der Waals surface area contributed by atoms with Crippen LogP contribution in [0.25, 0.3) is 0 Å². The van der Waals surface area contributed by atoms with Crippen LogP contribution in [0, 0.1) is 5.82 Å². The molecule has 0 radical (unpaired) electrons. The van der Waals surface area contributed by atoms with Crippen LogP contribution < -0.4 is 5.32 Å². The molecule has 1 atom stereocenters. The molecule has 20 heavy (non-hydrogen) atoms. The molecule has 1 unspecified atom stereocenters. The Morgan fingerprint density at radius 3 is 2.70 bits per heavy atom. The summed E-state index contributed by atoms with van der Waals surface area (Å²) in [6.07, 6.45) is 1.83. The first kappa shape index (κ1) is 17.1. The molecular formula is C16H26FNO2. The Labute approximate surface area is 121 Å². The number of methoxy groups -OCH3 is 1. The maximum absolute atomic E-state index is 13.9. The highest BCUT2D eigenvalue weighted by atomic mass is 19.1. The Hall–Kier alpha value is -0.970. The zero-order valence-corrected chi connectivity index (χ0v) is 12.5. The summed E-state index contributed by atoms with van der Waals surface area (Å²) in [5.74, 6) is -0.00792. The number of halogens is 1. The van der Waals surface area contributed by atoms with Crippen molar-refractivity contribution >= 4 is 0 Å². The van der Waals surface area contributed by atoms with Gasteiger partial charge in [0.05, 0.1) is 6.61 Å². The van der Waals surface area contributed by atoms with Gasteiger partial charge in [-0.2, -0.15) is 0 Å². The van der Waals surface area contributed by atoms with E-state index in [2.05, 4.69) is 12.2 Å². The SMILES string of the molecule is CCCOCCC(CNCCOC)c1ccccc1F. The molecule has 0 fully saturated rings. The van der Waals surface area contributed by atoms with Crippen LogP contribution in [0.5, 0.6) is 0 Å². The van der Waals surface area contributed by atoms with Crippen molar-refractivity contribution in [3.05, 3.63) is 35.6 Å². The number of hydrogen-bond acceptors (Lipinski definition) is 3. The lowest BCUT2D eigenvalue weighted by Gasteiger charge is -2.19. The molecule has 3 nitrogen and oxygen atoms in total. The van der Waals surface area contributed by atoms with Gasteiger partial charge >= 0.3 is 0 Å². The molecule has 1 aromatic rings. The van der Waals surface area contributed by atoms with E-state index in [1.807, 2.05) is 12.1 Å². The van der Waals surface area contributed by atoms with Crippen LogP contribution in [0.1, 0.15) is 31.2 Å². The van der Waals surface area contributed by atoms with Crippen molar-refractivity contribution < 1.29 is 13.9 Å². The fourth-order valence-corrected chi connectivity index (χ4v) is 2.10. The summed E-state index contributed by atoms with van der Waals surface area (Å²) >= 11 is 0. The summed E-state index contributed by atoms with van der Waals surface area (Å²) in [7, 11) is 1.68. The summed E-state index contributed by atoms with van der Waals surface area (Å²) in [5, 5.41) is 3.31. The maximum atomic E-state index is 13.9. The van der Waals surface area contributed by atoms with E-state index in [0.717, 1.165) is 38.1 Å². The number of benzene rings is 1. The topological polar surface area (TPSA) is 30.5 Å². The summed E-state index contributed by atoms with van der Waals surface area (Å²) < 4.78 is 24.4. The first-order valence-electron chi connectivity index (χ1n) is 7.31. The van der Waals surface area contributed by atoms with Crippen molar-refractivity contribution in [3.8, 4) is 0 Å².